The SMILES string of the molecule is COc1ccc(-n2nnnc2SCc2csc(-c3ccccc3Cl)n2)cc1. The molecular formula is C18H14ClN5OS2. The Morgan fingerprint density at radius 2 is 1.96 bits per heavy atom. The van der Waals surface area contributed by atoms with E-state index in [1.807, 2.05) is 53.9 Å². The van der Waals surface area contributed by atoms with Crippen molar-refractivity contribution < 1.29 is 4.74 Å². The second-order valence-corrected chi connectivity index (χ2v) is 7.69. The molecule has 0 N–H and O–H groups in total. The average molecular weight is 416 g/mol. The van der Waals surface area contributed by atoms with Crippen LogP contribution in [0.15, 0.2) is 59.1 Å². The molecule has 9 heteroatoms. The molecule has 2 aromatic heterocycles. The molecule has 0 unspecified atom stereocenters. The van der Waals surface area contributed by atoms with Gasteiger partial charge in [-0.2, -0.15) is 4.68 Å². The van der Waals surface area contributed by atoms with Crippen LogP contribution in [0.5, 0.6) is 5.75 Å². The van der Waals surface area contributed by atoms with Crippen molar-refractivity contribution in [2.45, 2.75) is 10.9 Å². The first-order chi connectivity index (χ1) is 13.2. The molecule has 0 fully saturated rings. The topological polar surface area (TPSA) is 65.7 Å². The number of hydrogen-bond donors (Lipinski definition) is 0. The minimum Gasteiger partial charge on any atom is -0.497 e. The molecule has 2 aromatic carbocycles. The van der Waals surface area contributed by atoms with Gasteiger partial charge in [-0.1, -0.05) is 41.6 Å². The monoisotopic (exact) mass is 415 g/mol. The Morgan fingerprint density at radius 3 is 2.74 bits per heavy atom. The second kappa shape index (κ2) is 8.08. The first-order valence-corrected chi connectivity index (χ1v) is 10.2. The number of nitrogens with zero attached hydrogens (tertiary/aromatic N) is 5. The van der Waals surface area contributed by atoms with Crippen molar-refractivity contribution in [3.63, 3.8) is 0 Å². The summed E-state index contributed by atoms with van der Waals surface area (Å²) < 4.78 is 6.89. The van der Waals surface area contributed by atoms with E-state index in [1.165, 1.54) is 11.8 Å². The Morgan fingerprint density at radius 1 is 1.15 bits per heavy atom. The van der Waals surface area contributed by atoms with Crippen LogP contribution in [-0.4, -0.2) is 32.3 Å². The Hall–Kier alpha value is -2.42. The van der Waals surface area contributed by atoms with Crippen molar-refractivity contribution in [1.82, 2.24) is 25.2 Å². The van der Waals surface area contributed by atoms with E-state index in [9.17, 15) is 0 Å². The molecule has 27 heavy (non-hydrogen) atoms. The minimum absolute atomic E-state index is 0.664. The summed E-state index contributed by atoms with van der Waals surface area (Å²) in [4.78, 5) is 4.68. The van der Waals surface area contributed by atoms with Crippen LogP contribution in [-0.2, 0) is 5.75 Å². The van der Waals surface area contributed by atoms with Crippen LogP contribution in [0.3, 0.4) is 0 Å². The molecule has 0 aliphatic heterocycles. The molecule has 0 saturated heterocycles. The Labute approximate surface area is 169 Å². The molecule has 0 aliphatic rings. The lowest BCUT2D eigenvalue weighted by Crippen LogP contribution is -1.99. The standard InChI is InChI=1S/C18H14ClN5OS2/c1-25-14-8-6-13(7-9-14)24-18(21-22-23-24)27-11-12-10-26-17(20-12)15-4-2-3-5-16(15)19/h2-10H,11H2,1H3. The number of halogens is 1. The molecule has 0 aliphatic carbocycles. The van der Waals surface area contributed by atoms with Gasteiger partial charge in [-0.05, 0) is 40.8 Å². The van der Waals surface area contributed by atoms with Crippen LogP contribution in [0.25, 0.3) is 16.3 Å². The van der Waals surface area contributed by atoms with E-state index < -0.39 is 0 Å². The Balaban J connectivity index is 1.49. The lowest BCUT2D eigenvalue weighted by molar-refractivity contribution is 0.414. The average Bonchev–Trinajstić information content (AvgIpc) is 3.36. The van der Waals surface area contributed by atoms with E-state index in [-0.39, 0.29) is 0 Å². The van der Waals surface area contributed by atoms with Crippen molar-refractivity contribution in [3.05, 3.63) is 64.6 Å². The molecular weight excluding hydrogens is 402 g/mol. The highest BCUT2D eigenvalue weighted by Crippen LogP contribution is 2.32. The molecule has 0 saturated carbocycles. The maximum Gasteiger partial charge on any atom is 0.214 e. The van der Waals surface area contributed by atoms with Crippen molar-refractivity contribution in [2.75, 3.05) is 7.11 Å². The number of thiazole rings is 1. The number of methoxy groups -OCH3 is 1. The predicted molar refractivity (Wildman–Crippen MR) is 108 cm³/mol. The predicted octanol–water partition coefficient (Wildman–Crippen LogP) is 4.74. The van der Waals surface area contributed by atoms with Gasteiger partial charge in [0.05, 0.1) is 23.5 Å². The number of thioether (sulfide) groups is 1. The number of tetrazole rings is 1. The molecule has 0 radical (unpaired) electrons. The summed E-state index contributed by atoms with van der Waals surface area (Å²) in [6.07, 6.45) is 0. The van der Waals surface area contributed by atoms with Gasteiger partial charge in [-0.3, -0.25) is 0 Å². The van der Waals surface area contributed by atoms with E-state index in [0.29, 0.717) is 15.9 Å². The van der Waals surface area contributed by atoms with Crippen molar-refractivity contribution in [1.29, 1.82) is 0 Å². The quantitative estimate of drug-likeness (QED) is 0.424. The molecule has 0 spiro atoms. The summed E-state index contributed by atoms with van der Waals surface area (Å²) in [6, 6.07) is 15.3. The van der Waals surface area contributed by atoms with Gasteiger partial charge in [0, 0.05) is 16.7 Å². The smallest absolute Gasteiger partial charge is 0.214 e. The highest BCUT2D eigenvalue weighted by Gasteiger charge is 2.12. The van der Waals surface area contributed by atoms with E-state index in [1.54, 1.807) is 23.1 Å². The molecule has 0 amide bonds. The molecule has 6 nitrogen and oxygen atoms in total. The normalized spacial score (nSPS) is 10.9. The lowest BCUT2D eigenvalue weighted by Gasteiger charge is -2.05. The van der Waals surface area contributed by atoms with E-state index >= 15 is 0 Å². The fraction of sp³-hybridized carbons (Fsp3) is 0.111. The summed E-state index contributed by atoms with van der Waals surface area (Å²) in [5, 5.41) is 16.3. The third-order valence-corrected chi connectivity index (χ3v) is 5.97. The molecule has 136 valence electrons. The summed E-state index contributed by atoms with van der Waals surface area (Å²) in [5.41, 5.74) is 2.78. The highest BCUT2D eigenvalue weighted by molar-refractivity contribution is 7.98. The molecule has 0 atom stereocenters. The third kappa shape index (κ3) is 3.97. The van der Waals surface area contributed by atoms with Gasteiger partial charge in [0.1, 0.15) is 10.8 Å². The zero-order chi connectivity index (χ0) is 18.6. The third-order valence-electron chi connectivity index (χ3n) is 3.76. The summed E-state index contributed by atoms with van der Waals surface area (Å²) in [5.74, 6) is 1.45. The molecule has 4 rings (SSSR count). The first kappa shape index (κ1) is 18.0. The van der Waals surface area contributed by atoms with Gasteiger partial charge < -0.3 is 4.74 Å². The second-order valence-electron chi connectivity index (χ2n) is 5.48. The number of hydrogen-bond acceptors (Lipinski definition) is 7. The summed E-state index contributed by atoms with van der Waals surface area (Å²) in [7, 11) is 1.64. The van der Waals surface area contributed by atoms with Crippen LogP contribution in [0.1, 0.15) is 5.69 Å². The lowest BCUT2D eigenvalue weighted by atomic mass is 10.2. The largest absolute Gasteiger partial charge is 0.497 e. The minimum atomic E-state index is 0.664. The van der Waals surface area contributed by atoms with Crippen LogP contribution >= 0.6 is 34.7 Å². The van der Waals surface area contributed by atoms with Crippen LogP contribution in [0.2, 0.25) is 5.02 Å². The Bertz CT molecular complexity index is 1050. The van der Waals surface area contributed by atoms with E-state index in [2.05, 4.69) is 20.5 Å². The van der Waals surface area contributed by atoms with Crippen molar-refractivity contribution >= 4 is 34.7 Å². The van der Waals surface area contributed by atoms with Gasteiger partial charge in [0.2, 0.25) is 5.16 Å². The van der Waals surface area contributed by atoms with Gasteiger partial charge in [0.25, 0.3) is 0 Å². The highest BCUT2D eigenvalue weighted by atomic mass is 35.5. The Kier molecular flexibility index (Phi) is 5.38. The molecule has 2 heterocycles. The summed E-state index contributed by atoms with van der Waals surface area (Å²) >= 11 is 9.37. The zero-order valence-electron chi connectivity index (χ0n) is 14.2. The molecule has 4 aromatic rings. The zero-order valence-corrected chi connectivity index (χ0v) is 16.6. The van der Waals surface area contributed by atoms with Gasteiger partial charge >= 0.3 is 0 Å². The number of aromatic nitrogens is 5. The number of ether oxygens (including phenoxy) is 1. The number of rotatable bonds is 6. The van der Waals surface area contributed by atoms with E-state index in [4.69, 9.17) is 16.3 Å². The fourth-order valence-electron chi connectivity index (χ4n) is 2.42. The van der Waals surface area contributed by atoms with Gasteiger partial charge in [0.15, 0.2) is 0 Å². The van der Waals surface area contributed by atoms with Crippen LogP contribution < -0.4 is 4.74 Å². The van der Waals surface area contributed by atoms with E-state index in [0.717, 1.165) is 27.7 Å². The number of benzene rings is 2. The maximum absolute atomic E-state index is 6.26. The molecule has 0 bridgehead atoms. The van der Waals surface area contributed by atoms with Crippen molar-refractivity contribution in [2.24, 2.45) is 0 Å². The van der Waals surface area contributed by atoms with Gasteiger partial charge in [-0.15, -0.1) is 16.4 Å². The fourth-order valence-corrected chi connectivity index (χ4v) is 4.45. The van der Waals surface area contributed by atoms with Gasteiger partial charge in [-0.25, -0.2) is 4.98 Å². The summed E-state index contributed by atoms with van der Waals surface area (Å²) in [6.45, 7) is 0. The van der Waals surface area contributed by atoms with Crippen LogP contribution in [0.4, 0.5) is 0 Å². The maximum atomic E-state index is 6.26. The van der Waals surface area contributed by atoms with Crippen molar-refractivity contribution in [3.8, 4) is 22.0 Å². The first-order valence-electron chi connectivity index (χ1n) is 7.99. The van der Waals surface area contributed by atoms with Crippen LogP contribution in [0, 0.1) is 0 Å².